The molecule has 0 spiro atoms. The van der Waals surface area contributed by atoms with Crippen molar-refractivity contribution in [2.24, 2.45) is 0 Å². The zero-order valence-electron chi connectivity index (χ0n) is 19.4. The lowest BCUT2D eigenvalue weighted by Gasteiger charge is -2.26. The summed E-state index contributed by atoms with van der Waals surface area (Å²) in [6, 6.07) is 10.1. The molecule has 0 saturated carbocycles. The molecular formula is C25H30N2O5. The molecule has 170 valence electrons. The molecule has 0 aliphatic carbocycles. The Kier molecular flexibility index (Phi) is 6.89. The van der Waals surface area contributed by atoms with Crippen LogP contribution in [0.4, 0.5) is 0 Å². The van der Waals surface area contributed by atoms with Crippen LogP contribution in [0.15, 0.2) is 42.0 Å². The second-order valence-electron chi connectivity index (χ2n) is 8.21. The van der Waals surface area contributed by atoms with E-state index in [0.29, 0.717) is 30.2 Å². The van der Waals surface area contributed by atoms with Crippen molar-refractivity contribution in [3.63, 3.8) is 0 Å². The van der Waals surface area contributed by atoms with Crippen molar-refractivity contribution in [2.75, 3.05) is 41.4 Å². The van der Waals surface area contributed by atoms with Gasteiger partial charge >= 0.3 is 0 Å². The van der Waals surface area contributed by atoms with E-state index in [1.54, 1.807) is 32.4 Å². The average Bonchev–Trinajstić information content (AvgIpc) is 3.03. The van der Waals surface area contributed by atoms with E-state index in [1.807, 2.05) is 51.0 Å². The molecule has 32 heavy (non-hydrogen) atoms. The highest BCUT2D eigenvalue weighted by Crippen LogP contribution is 2.40. The summed E-state index contributed by atoms with van der Waals surface area (Å²) in [5, 5.41) is 11.3. The summed E-state index contributed by atoms with van der Waals surface area (Å²) in [7, 11) is 6.97. The van der Waals surface area contributed by atoms with Gasteiger partial charge in [-0.1, -0.05) is 12.1 Å². The Bertz CT molecular complexity index is 1060. The fourth-order valence-electron chi connectivity index (χ4n) is 3.96. The van der Waals surface area contributed by atoms with Gasteiger partial charge in [-0.15, -0.1) is 0 Å². The number of carbonyl (C=O) groups excluding carboxylic acids is 2. The van der Waals surface area contributed by atoms with Gasteiger partial charge in [0, 0.05) is 18.7 Å². The zero-order valence-corrected chi connectivity index (χ0v) is 19.4. The van der Waals surface area contributed by atoms with Gasteiger partial charge in [0.15, 0.2) is 0 Å². The van der Waals surface area contributed by atoms with Gasteiger partial charge in [0.2, 0.25) is 0 Å². The highest BCUT2D eigenvalue weighted by Gasteiger charge is 2.46. The Morgan fingerprint density at radius 2 is 1.69 bits per heavy atom. The first-order valence-electron chi connectivity index (χ1n) is 10.4. The second-order valence-corrected chi connectivity index (χ2v) is 8.21. The number of likely N-dealkylation sites (tertiary alicyclic amines) is 1. The van der Waals surface area contributed by atoms with Crippen LogP contribution in [-0.2, 0) is 9.59 Å². The molecule has 2 aromatic carbocycles. The normalized spacial score (nSPS) is 17.8. The first kappa shape index (κ1) is 23.3. The highest BCUT2D eigenvalue weighted by atomic mass is 16.5. The fourth-order valence-corrected chi connectivity index (χ4v) is 3.96. The number of methoxy groups -OCH3 is 2. The number of aliphatic hydroxyl groups excluding tert-OH is 1. The van der Waals surface area contributed by atoms with E-state index in [-0.39, 0.29) is 11.3 Å². The van der Waals surface area contributed by atoms with E-state index in [1.165, 1.54) is 4.90 Å². The molecule has 1 aliphatic heterocycles. The van der Waals surface area contributed by atoms with Gasteiger partial charge in [0.1, 0.15) is 17.3 Å². The maximum atomic E-state index is 13.1. The Labute approximate surface area is 188 Å². The van der Waals surface area contributed by atoms with E-state index in [4.69, 9.17) is 9.47 Å². The minimum Gasteiger partial charge on any atom is -0.507 e. The van der Waals surface area contributed by atoms with Crippen LogP contribution in [0.1, 0.15) is 28.3 Å². The van der Waals surface area contributed by atoms with Gasteiger partial charge in [-0.25, -0.2) is 0 Å². The van der Waals surface area contributed by atoms with Crippen molar-refractivity contribution in [3.05, 3.63) is 64.2 Å². The number of hydrogen-bond acceptors (Lipinski definition) is 6. The number of amides is 1. The van der Waals surface area contributed by atoms with Gasteiger partial charge in [0.05, 0.1) is 25.8 Å². The molecule has 7 heteroatoms. The number of likely N-dealkylation sites (N-methyl/N-ethyl adjacent to an activating group) is 1. The summed E-state index contributed by atoms with van der Waals surface area (Å²) in [6.45, 7) is 4.64. The lowest BCUT2D eigenvalue weighted by Crippen LogP contribution is -2.35. The molecule has 1 saturated heterocycles. The predicted octanol–water partition coefficient (Wildman–Crippen LogP) is 3.30. The zero-order chi connectivity index (χ0) is 23.6. The van der Waals surface area contributed by atoms with Gasteiger partial charge in [-0.3, -0.25) is 9.59 Å². The van der Waals surface area contributed by atoms with E-state index in [9.17, 15) is 14.7 Å². The number of aryl methyl sites for hydroxylation is 2. The Balaban J connectivity index is 2.19. The second kappa shape index (κ2) is 9.44. The number of aliphatic hydroxyl groups is 1. The van der Waals surface area contributed by atoms with E-state index >= 15 is 0 Å². The summed E-state index contributed by atoms with van der Waals surface area (Å²) in [6.07, 6.45) is 0. The molecule has 1 N–H and O–H groups in total. The standard InChI is InChI=1S/C25H30N2O5/c1-15-14-20(32-6)16(2)13-19(15)23(28)21-22(17-7-9-18(31-5)10-8-17)27(12-11-26(3)4)25(30)24(21)29/h7-10,13-14,22,28H,11-12H2,1-6H3/b23-21+. The number of ketones is 1. The molecular weight excluding hydrogens is 408 g/mol. The number of nitrogens with zero attached hydrogens (tertiary/aromatic N) is 2. The Morgan fingerprint density at radius 3 is 2.25 bits per heavy atom. The SMILES string of the molecule is COc1ccc(C2/C(=C(\O)c3cc(C)c(OC)cc3C)C(=O)C(=O)N2CCN(C)C)cc1. The van der Waals surface area contributed by atoms with Crippen LogP contribution in [0.5, 0.6) is 11.5 Å². The fraction of sp³-hybridized carbons (Fsp3) is 0.360. The maximum Gasteiger partial charge on any atom is 0.295 e. The predicted molar refractivity (Wildman–Crippen MR) is 123 cm³/mol. The van der Waals surface area contributed by atoms with E-state index in [0.717, 1.165) is 16.7 Å². The lowest BCUT2D eigenvalue weighted by molar-refractivity contribution is -0.140. The minimum atomic E-state index is -0.692. The number of rotatable bonds is 7. The van der Waals surface area contributed by atoms with E-state index in [2.05, 4.69) is 0 Å². The van der Waals surface area contributed by atoms with Crippen molar-refractivity contribution < 1.29 is 24.2 Å². The highest BCUT2D eigenvalue weighted by molar-refractivity contribution is 6.46. The number of ether oxygens (including phenoxy) is 2. The van der Waals surface area contributed by atoms with Crippen LogP contribution in [0.2, 0.25) is 0 Å². The first-order valence-corrected chi connectivity index (χ1v) is 10.4. The monoisotopic (exact) mass is 438 g/mol. The third kappa shape index (κ3) is 4.34. The largest absolute Gasteiger partial charge is 0.507 e. The molecule has 1 heterocycles. The number of benzene rings is 2. The number of Topliss-reactive ketones (excluding diaryl/α,β-unsaturated/α-hetero) is 1. The Morgan fingerprint density at radius 1 is 1.03 bits per heavy atom. The van der Waals surface area contributed by atoms with Crippen LogP contribution in [0.3, 0.4) is 0 Å². The van der Waals surface area contributed by atoms with Gasteiger partial charge in [-0.05, 0) is 68.9 Å². The molecule has 1 unspecified atom stereocenters. The van der Waals surface area contributed by atoms with Gasteiger partial charge in [-0.2, -0.15) is 0 Å². The molecule has 1 amide bonds. The molecule has 0 radical (unpaired) electrons. The summed E-state index contributed by atoms with van der Waals surface area (Å²) in [5.74, 6) is -0.121. The maximum absolute atomic E-state index is 13.1. The number of carbonyl (C=O) groups is 2. The van der Waals surface area contributed by atoms with Crippen LogP contribution in [0, 0.1) is 13.8 Å². The Hall–Kier alpha value is -3.32. The summed E-state index contributed by atoms with van der Waals surface area (Å²) in [5.41, 5.74) is 2.90. The van der Waals surface area contributed by atoms with Crippen LogP contribution in [0.25, 0.3) is 5.76 Å². The summed E-state index contributed by atoms with van der Waals surface area (Å²) >= 11 is 0. The molecule has 1 fully saturated rings. The topological polar surface area (TPSA) is 79.3 Å². The van der Waals surface area contributed by atoms with Gasteiger partial charge in [0.25, 0.3) is 11.7 Å². The van der Waals surface area contributed by atoms with Gasteiger partial charge < -0.3 is 24.4 Å². The molecule has 0 bridgehead atoms. The summed E-state index contributed by atoms with van der Waals surface area (Å²) in [4.78, 5) is 29.6. The first-order chi connectivity index (χ1) is 15.2. The van der Waals surface area contributed by atoms with Crippen molar-refractivity contribution in [2.45, 2.75) is 19.9 Å². The molecule has 0 aromatic heterocycles. The summed E-state index contributed by atoms with van der Waals surface area (Å²) < 4.78 is 10.6. The average molecular weight is 439 g/mol. The third-order valence-electron chi connectivity index (χ3n) is 5.76. The van der Waals surface area contributed by atoms with E-state index < -0.39 is 17.7 Å². The molecule has 3 rings (SSSR count). The number of hydrogen-bond donors (Lipinski definition) is 1. The smallest absolute Gasteiger partial charge is 0.295 e. The van der Waals surface area contributed by atoms with Crippen molar-refractivity contribution in [3.8, 4) is 11.5 Å². The van der Waals surface area contributed by atoms with Crippen molar-refractivity contribution in [1.82, 2.24) is 9.80 Å². The molecule has 2 aromatic rings. The van der Waals surface area contributed by atoms with Crippen LogP contribution in [-0.4, -0.2) is 68.0 Å². The quantitative estimate of drug-likeness (QED) is 0.406. The van der Waals surface area contributed by atoms with Crippen molar-refractivity contribution in [1.29, 1.82) is 0 Å². The third-order valence-corrected chi connectivity index (χ3v) is 5.76. The molecule has 1 aliphatic rings. The minimum absolute atomic E-state index is 0.0894. The lowest BCUT2D eigenvalue weighted by atomic mass is 9.93. The van der Waals surface area contributed by atoms with Crippen LogP contribution < -0.4 is 9.47 Å². The molecule has 7 nitrogen and oxygen atoms in total. The van der Waals surface area contributed by atoms with Crippen LogP contribution >= 0.6 is 0 Å². The molecule has 1 atom stereocenters. The van der Waals surface area contributed by atoms with Crippen molar-refractivity contribution >= 4 is 17.4 Å².